The molecule has 0 saturated carbocycles. The SMILES string of the molecule is CCCCC1=C(c2ccccc2)C2CCN1CC2. The number of hydrogen-bond acceptors (Lipinski definition) is 1. The molecule has 0 radical (unpaired) electrons. The summed E-state index contributed by atoms with van der Waals surface area (Å²) in [5.74, 6) is 0.823. The standard InChI is InChI=1S/C17H23N/c1-2-3-9-16-17(14-7-5-4-6-8-14)15-10-12-18(16)13-11-15/h4-8,15H,2-3,9-13H2,1H3. The fraction of sp³-hybridized carbons (Fsp3) is 0.529. The predicted octanol–water partition coefficient (Wildman–Crippen LogP) is 4.31. The van der Waals surface area contributed by atoms with Crippen LogP contribution in [-0.4, -0.2) is 18.0 Å². The average Bonchev–Trinajstić information content (AvgIpc) is 2.46. The second kappa shape index (κ2) is 5.17. The van der Waals surface area contributed by atoms with Gasteiger partial charge >= 0.3 is 0 Å². The van der Waals surface area contributed by atoms with Crippen molar-refractivity contribution >= 4 is 5.57 Å². The summed E-state index contributed by atoms with van der Waals surface area (Å²) in [6.07, 6.45) is 6.62. The Balaban J connectivity index is 1.99. The summed E-state index contributed by atoms with van der Waals surface area (Å²) < 4.78 is 0. The highest BCUT2D eigenvalue weighted by atomic mass is 15.2. The number of unbranched alkanes of at least 4 members (excludes halogenated alkanes) is 1. The Morgan fingerprint density at radius 3 is 2.50 bits per heavy atom. The van der Waals surface area contributed by atoms with Crippen LogP contribution >= 0.6 is 0 Å². The smallest absolute Gasteiger partial charge is 0.0180 e. The molecule has 0 aromatic heterocycles. The van der Waals surface area contributed by atoms with E-state index in [1.54, 1.807) is 11.3 Å². The molecule has 1 saturated heterocycles. The third-order valence-electron chi connectivity index (χ3n) is 4.45. The molecule has 1 heteroatoms. The van der Waals surface area contributed by atoms with E-state index in [2.05, 4.69) is 42.2 Å². The van der Waals surface area contributed by atoms with E-state index in [1.165, 1.54) is 50.8 Å². The van der Waals surface area contributed by atoms with Crippen molar-refractivity contribution in [2.24, 2.45) is 5.92 Å². The first-order valence-corrected chi connectivity index (χ1v) is 7.43. The predicted molar refractivity (Wildman–Crippen MR) is 77.2 cm³/mol. The van der Waals surface area contributed by atoms with Crippen molar-refractivity contribution in [1.82, 2.24) is 4.90 Å². The van der Waals surface area contributed by atoms with Crippen molar-refractivity contribution in [3.63, 3.8) is 0 Å². The fourth-order valence-corrected chi connectivity index (χ4v) is 3.50. The van der Waals surface area contributed by atoms with Gasteiger partial charge in [0.05, 0.1) is 0 Å². The van der Waals surface area contributed by atoms with Crippen molar-refractivity contribution in [3.8, 4) is 0 Å². The molecule has 0 unspecified atom stereocenters. The van der Waals surface area contributed by atoms with Crippen molar-refractivity contribution < 1.29 is 0 Å². The molecule has 18 heavy (non-hydrogen) atoms. The number of hydrogen-bond donors (Lipinski definition) is 0. The van der Waals surface area contributed by atoms with Crippen LogP contribution in [0.2, 0.25) is 0 Å². The number of allylic oxidation sites excluding steroid dienone is 2. The summed E-state index contributed by atoms with van der Waals surface area (Å²) in [7, 11) is 0. The number of fused-ring (bicyclic) bond motifs is 2. The molecule has 4 rings (SSSR count). The lowest BCUT2D eigenvalue weighted by Crippen LogP contribution is -2.39. The zero-order valence-electron chi connectivity index (χ0n) is 11.4. The summed E-state index contributed by atoms with van der Waals surface area (Å²) in [5.41, 5.74) is 4.80. The van der Waals surface area contributed by atoms with Gasteiger partial charge in [-0.1, -0.05) is 43.7 Å². The third kappa shape index (κ3) is 2.07. The molecule has 0 aliphatic carbocycles. The molecule has 1 nitrogen and oxygen atoms in total. The largest absolute Gasteiger partial charge is 0.375 e. The Morgan fingerprint density at radius 1 is 1.11 bits per heavy atom. The first kappa shape index (κ1) is 11.8. The van der Waals surface area contributed by atoms with Gasteiger partial charge in [-0.25, -0.2) is 0 Å². The van der Waals surface area contributed by atoms with Gasteiger partial charge in [-0.15, -0.1) is 0 Å². The average molecular weight is 241 g/mol. The molecular weight excluding hydrogens is 218 g/mol. The molecule has 1 aromatic rings. The third-order valence-corrected chi connectivity index (χ3v) is 4.45. The van der Waals surface area contributed by atoms with Crippen LogP contribution in [0.5, 0.6) is 0 Å². The van der Waals surface area contributed by atoms with E-state index in [9.17, 15) is 0 Å². The zero-order valence-corrected chi connectivity index (χ0v) is 11.4. The molecule has 0 amide bonds. The second-order valence-electron chi connectivity index (χ2n) is 5.59. The Bertz CT molecular complexity index is 424. The number of benzene rings is 1. The Labute approximate surface area is 111 Å². The summed E-state index contributed by atoms with van der Waals surface area (Å²) in [5, 5.41) is 0. The summed E-state index contributed by atoms with van der Waals surface area (Å²) in [4.78, 5) is 2.65. The molecular formula is C17H23N. The van der Waals surface area contributed by atoms with Gasteiger partial charge in [0.1, 0.15) is 0 Å². The molecule has 3 heterocycles. The van der Waals surface area contributed by atoms with Crippen LogP contribution in [0.4, 0.5) is 0 Å². The molecule has 3 aliphatic heterocycles. The van der Waals surface area contributed by atoms with E-state index in [4.69, 9.17) is 0 Å². The van der Waals surface area contributed by atoms with E-state index in [1.807, 2.05) is 0 Å². The summed E-state index contributed by atoms with van der Waals surface area (Å²) in [6, 6.07) is 11.1. The Morgan fingerprint density at radius 2 is 1.83 bits per heavy atom. The molecule has 3 aliphatic rings. The van der Waals surface area contributed by atoms with Crippen molar-refractivity contribution in [1.29, 1.82) is 0 Å². The van der Waals surface area contributed by atoms with Gasteiger partial charge < -0.3 is 4.90 Å². The number of piperidine rings is 1. The van der Waals surface area contributed by atoms with Crippen LogP contribution in [0.1, 0.15) is 44.6 Å². The molecule has 1 aromatic carbocycles. The van der Waals surface area contributed by atoms with Crippen LogP contribution < -0.4 is 0 Å². The maximum absolute atomic E-state index is 2.65. The quantitative estimate of drug-likeness (QED) is 0.759. The molecule has 1 fully saturated rings. The fourth-order valence-electron chi connectivity index (χ4n) is 3.50. The van der Waals surface area contributed by atoms with E-state index in [0.29, 0.717) is 0 Å². The highest BCUT2D eigenvalue weighted by Gasteiger charge is 2.32. The van der Waals surface area contributed by atoms with Crippen molar-refractivity contribution in [2.45, 2.75) is 39.0 Å². The minimum Gasteiger partial charge on any atom is -0.375 e. The lowest BCUT2D eigenvalue weighted by Gasteiger charge is -2.44. The van der Waals surface area contributed by atoms with Crippen LogP contribution in [0.3, 0.4) is 0 Å². The van der Waals surface area contributed by atoms with Gasteiger partial charge in [-0.2, -0.15) is 0 Å². The highest BCUT2D eigenvalue weighted by molar-refractivity contribution is 5.71. The van der Waals surface area contributed by atoms with Crippen LogP contribution in [-0.2, 0) is 0 Å². The highest BCUT2D eigenvalue weighted by Crippen LogP contribution is 2.43. The Hall–Kier alpha value is -1.24. The summed E-state index contributed by atoms with van der Waals surface area (Å²) in [6.45, 7) is 4.87. The summed E-state index contributed by atoms with van der Waals surface area (Å²) >= 11 is 0. The van der Waals surface area contributed by atoms with Gasteiger partial charge in [0.15, 0.2) is 0 Å². The molecule has 0 atom stereocenters. The monoisotopic (exact) mass is 241 g/mol. The second-order valence-corrected chi connectivity index (χ2v) is 5.59. The molecule has 0 spiro atoms. The lowest BCUT2D eigenvalue weighted by molar-refractivity contribution is 0.221. The van der Waals surface area contributed by atoms with E-state index < -0.39 is 0 Å². The minimum absolute atomic E-state index is 0.823. The lowest BCUT2D eigenvalue weighted by atomic mass is 9.78. The van der Waals surface area contributed by atoms with Gasteiger partial charge in [0, 0.05) is 18.8 Å². The molecule has 0 N–H and O–H groups in total. The molecule has 96 valence electrons. The number of rotatable bonds is 4. The van der Waals surface area contributed by atoms with Gasteiger partial charge in [-0.05, 0) is 42.7 Å². The number of nitrogens with zero attached hydrogens (tertiary/aromatic N) is 1. The van der Waals surface area contributed by atoms with Crippen molar-refractivity contribution in [3.05, 3.63) is 41.6 Å². The molecule has 2 bridgehead atoms. The topological polar surface area (TPSA) is 3.24 Å². The normalized spacial score (nSPS) is 19.7. The van der Waals surface area contributed by atoms with Gasteiger partial charge in [-0.3, -0.25) is 0 Å². The van der Waals surface area contributed by atoms with Crippen LogP contribution in [0.15, 0.2) is 36.0 Å². The van der Waals surface area contributed by atoms with Crippen LogP contribution in [0.25, 0.3) is 5.57 Å². The Kier molecular flexibility index (Phi) is 3.40. The first-order valence-electron chi connectivity index (χ1n) is 7.43. The van der Waals surface area contributed by atoms with Crippen molar-refractivity contribution in [2.75, 3.05) is 13.1 Å². The minimum atomic E-state index is 0.823. The van der Waals surface area contributed by atoms with Gasteiger partial charge in [0.25, 0.3) is 0 Å². The van der Waals surface area contributed by atoms with E-state index in [-0.39, 0.29) is 0 Å². The van der Waals surface area contributed by atoms with E-state index >= 15 is 0 Å². The maximum atomic E-state index is 2.65. The van der Waals surface area contributed by atoms with E-state index in [0.717, 1.165) is 5.92 Å². The maximum Gasteiger partial charge on any atom is 0.0180 e. The van der Waals surface area contributed by atoms with Gasteiger partial charge in [0.2, 0.25) is 0 Å². The van der Waals surface area contributed by atoms with Crippen LogP contribution in [0, 0.1) is 5.92 Å². The first-order chi connectivity index (χ1) is 8.90. The zero-order chi connectivity index (χ0) is 12.4.